The Bertz CT molecular complexity index is 1180. The van der Waals surface area contributed by atoms with Crippen molar-refractivity contribution in [1.82, 2.24) is 14.9 Å². The molecule has 0 spiro atoms. The van der Waals surface area contributed by atoms with E-state index in [1.54, 1.807) is 12.1 Å². The summed E-state index contributed by atoms with van der Waals surface area (Å²) in [5, 5.41) is 9.59. The molecule has 0 radical (unpaired) electrons. The van der Waals surface area contributed by atoms with Gasteiger partial charge in [0.05, 0.1) is 18.8 Å². The zero-order valence-corrected chi connectivity index (χ0v) is 21.5. The van der Waals surface area contributed by atoms with Gasteiger partial charge < -0.3 is 19.5 Å². The number of ether oxygens (including phenoxy) is 2. The Kier molecular flexibility index (Phi) is 7.39. The molecule has 0 bridgehead atoms. The zero-order chi connectivity index (χ0) is 26.1. The Balaban J connectivity index is 1.42. The van der Waals surface area contributed by atoms with Crippen LogP contribution in [-0.2, 0) is 18.8 Å². The second-order valence-corrected chi connectivity index (χ2v) is 11.4. The number of carboxylic acid groups (broad SMARTS) is 1. The topological polar surface area (TPSA) is 137 Å². The highest BCUT2D eigenvalue weighted by atomic mass is 32.3. The molecule has 11 nitrogen and oxygen atoms in total. The number of nitrogens with zero attached hydrogens (tertiary/aromatic N) is 3. The van der Waals surface area contributed by atoms with Crippen LogP contribution in [0.1, 0.15) is 50.7 Å². The van der Waals surface area contributed by atoms with Crippen LogP contribution in [0.2, 0.25) is 0 Å². The molecule has 196 valence electrons. The summed E-state index contributed by atoms with van der Waals surface area (Å²) < 4.78 is 44.2. The lowest BCUT2D eigenvalue weighted by Gasteiger charge is -2.44. The van der Waals surface area contributed by atoms with E-state index in [0.29, 0.717) is 42.5 Å². The van der Waals surface area contributed by atoms with Gasteiger partial charge in [-0.3, -0.25) is 0 Å². The van der Waals surface area contributed by atoms with E-state index in [1.807, 2.05) is 39.8 Å². The molecule has 2 atom stereocenters. The highest BCUT2D eigenvalue weighted by Crippen LogP contribution is 2.35. The summed E-state index contributed by atoms with van der Waals surface area (Å²) in [6.07, 6.45) is 1.40. The number of benzene rings is 1. The minimum Gasteiger partial charge on any atom is -0.474 e. The van der Waals surface area contributed by atoms with Crippen LogP contribution in [0.25, 0.3) is 0 Å². The van der Waals surface area contributed by atoms with Crippen molar-refractivity contribution in [2.45, 2.75) is 58.6 Å². The molecule has 36 heavy (non-hydrogen) atoms. The minimum absolute atomic E-state index is 0.0235. The van der Waals surface area contributed by atoms with E-state index in [9.17, 15) is 18.3 Å². The molecule has 2 fully saturated rings. The third-order valence-electron chi connectivity index (χ3n) is 6.46. The third-order valence-corrected chi connectivity index (χ3v) is 7.31. The number of likely N-dealkylation sites (tertiary alicyclic amines) is 1. The van der Waals surface area contributed by atoms with Crippen molar-refractivity contribution >= 4 is 16.5 Å². The molecule has 1 N–H and O–H groups in total. The molecule has 2 saturated heterocycles. The first-order valence-corrected chi connectivity index (χ1v) is 13.1. The van der Waals surface area contributed by atoms with Crippen LogP contribution in [0.15, 0.2) is 30.6 Å². The van der Waals surface area contributed by atoms with Crippen LogP contribution >= 0.6 is 0 Å². The van der Waals surface area contributed by atoms with E-state index >= 15 is 0 Å². The fourth-order valence-electron chi connectivity index (χ4n) is 4.41. The Labute approximate surface area is 210 Å². The van der Waals surface area contributed by atoms with Crippen molar-refractivity contribution in [2.24, 2.45) is 5.41 Å². The molecule has 2 aliphatic rings. The minimum atomic E-state index is -3.89. The van der Waals surface area contributed by atoms with Gasteiger partial charge in [0, 0.05) is 31.3 Å². The van der Waals surface area contributed by atoms with Gasteiger partial charge in [0.25, 0.3) is 0 Å². The van der Waals surface area contributed by atoms with E-state index in [4.69, 9.17) is 17.8 Å². The number of amides is 1. The van der Waals surface area contributed by atoms with E-state index in [2.05, 4.69) is 9.97 Å². The van der Waals surface area contributed by atoms with Crippen molar-refractivity contribution in [2.75, 3.05) is 19.8 Å². The maximum atomic E-state index is 11.7. The number of carbonyl (C=O) groups is 1. The molecular weight excluding hydrogens is 490 g/mol. The second kappa shape index (κ2) is 10.2. The van der Waals surface area contributed by atoms with Gasteiger partial charge >= 0.3 is 16.5 Å². The van der Waals surface area contributed by atoms with Crippen molar-refractivity contribution < 1.29 is 36.2 Å². The van der Waals surface area contributed by atoms with Crippen LogP contribution in [0.3, 0.4) is 0 Å². The van der Waals surface area contributed by atoms with Gasteiger partial charge in [0.2, 0.25) is 11.8 Å². The third kappa shape index (κ3) is 6.05. The summed E-state index contributed by atoms with van der Waals surface area (Å²) in [7, 11) is -3.89. The molecule has 2 aromatic rings. The predicted molar refractivity (Wildman–Crippen MR) is 128 cm³/mol. The van der Waals surface area contributed by atoms with Crippen molar-refractivity contribution in [3.63, 3.8) is 0 Å². The average molecular weight is 522 g/mol. The number of hydrogen-bond donors (Lipinski definition) is 1. The summed E-state index contributed by atoms with van der Waals surface area (Å²) in [5.41, 5.74) is 1.27. The van der Waals surface area contributed by atoms with E-state index in [-0.39, 0.29) is 36.7 Å². The summed E-state index contributed by atoms with van der Waals surface area (Å²) in [5.74, 6) is 1.08. The Morgan fingerprint density at radius 3 is 2.36 bits per heavy atom. The highest BCUT2D eigenvalue weighted by Gasteiger charge is 2.39. The number of hydrogen-bond acceptors (Lipinski definition) is 9. The molecule has 12 heteroatoms. The first-order chi connectivity index (χ1) is 16.9. The lowest BCUT2D eigenvalue weighted by molar-refractivity contribution is 0.0113. The van der Waals surface area contributed by atoms with Gasteiger partial charge in [-0.1, -0.05) is 32.9 Å². The lowest BCUT2D eigenvalue weighted by atomic mass is 9.80. The number of aromatic nitrogens is 2. The molecule has 0 aliphatic carbocycles. The van der Waals surface area contributed by atoms with E-state index in [0.717, 1.165) is 5.56 Å². The van der Waals surface area contributed by atoms with Gasteiger partial charge in [-0.15, -0.1) is 0 Å². The lowest BCUT2D eigenvalue weighted by Crippen LogP contribution is -2.53. The Hall–Kier alpha value is -2.96. The van der Waals surface area contributed by atoms with Crippen LogP contribution in [0, 0.1) is 12.3 Å². The fraction of sp³-hybridized carbons (Fsp3) is 0.542. The summed E-state index contributed by atoms with van der Waals surface area (Å²) in [4.78, 5) is 21.7. The Morgan fingerprint density at radius 2 is 1.75 bits per heavy atom. The second-order valence-electron chi connectivity index (χ2n) is 10.1. The van der Waals surface area contributed by atoms with Gasteiger partial charge in [-0.05, 0) is 30.0 Å². The van der Waals surface area contributed by atoms with Gasteiger partial charge in [0.1, 0.15) is 18.2 Å². The molecule has 1 aromatic carbocycles. The molecule has 0 saturated carbocycles. The zero-order valence-electron chi connectivity index (χ0n) is 20.7. The van der Waals surface area contributed by atoms with Crippen LogP contribution in [0.4, 0.5) is 4.79 Å². The number of rotatable bonds is 5. The molecule has 4 rings (SSSR count). The van der Waals surface area contributed by atoms with E-state index in [1.165, 1.54) is 11.2 Å². The molecule has 1 amide bonds. The largest absolute Gasteiger partial charge is 0.474 e. The highest BCUT2D eigenvalue weighted by molar-refractivity contribution is 7.81. The molecule has 3 heterocycles. The summed E-state index contributed by atoms with van der Waals surface area (Å²) >= 11 is 0. The number of piperidine rings is 1. The van der Waals surface area contributed by atoms with Crippen LogP contribution in [-0.4, -0.2) is 66.4 Å². The fourth-order valence-corrected chi connectivity index (χ4v) is 5.14. The van der Waals surface area contributed by atoms with Crippen LogP contribution < -0.4 is 9.47 Å². The molecule has 2 aliphatic heterocycles. The monoisotopic (exact) mass is 521 g/mol. The molecule has 2 unspecified atom stereocenters. The van der Waals surface area contributed by atoms with Gasteiger partial charge in [-0.2, -0.15) is 8.42 Å². The maximum Gasteiger partial charge on any atom is 0.407 e. The van der Waals surface area contributed by atoms with E-state index < -0.39 is 16.5 Å². The smallest absolute Gasteiger partial charge is 0.407 e. The van der Waals surface area contributed by atoms with Gasteiger partial charge in [-0.25, -0.2) is 23.1 Å². The SMILES string of the molecule is Cc1c(Oc2ccc(C3COS(=O)(=O)OC3)cc2)ncnc1OC1CCN(C(=O)O)C(C(C)(C)C)C1. The standard InChI is InChI=1S/C24H31N3O8S/c1-15-21(34-18-7-5-16(6-8-18)17-12-32-36(30,31)33-13-17)25-14-26-22(15)35-19-9-10-27(23(28)29)20(11-19)24(2,3)4/h5-8,14,17,19-20H,9-13H2,1-4H3,(H,28,29). The van der Waals surface area contributed by atoms with Crippen molar-refractivity contribution in [3.8, 4) is 17.5 Å². The molecular formula is C24H31N3O8S. The quantitative estimate of drug-likeness (QED) is 0.617. The first kappa shape index (κ1) is 26.1. The maximum absolute atomic E-state index is 11.7. The van der Waals surface area contributed by atoms with Crippen molar-refractivity contribution in [3.05, 3.63) is 41.7 Å². The normalized spacial score (nSPS) is 22.7. The summed E-state index contributed by atoms with van der Waals surface area (Å²) in [6, 6.07) is 6.99. The average Bonchev–Trinajstić information content (AvgIpc) is 2.81. The first-order valence-electron chi connectivity index (χ1n) is 11.7. The predicted octanol–water partition coefficient (Wildman–Crippen LogP) is 3.89. The Morgan fingerprint density at radius 1 is 1.11 bits per heavy atom. The van der Waals surface area contributed by atoms with Gasteiger partial charge in [0.15, 0.2) is 0 Å². The van der Waals surface area contributed by atoms with Crippen molar-refractivity contribution in [1.29, 1.82) is 0 Å². The molecule has 1 aromatic heterocycles. The van der Waals surface area contributed by atoms with Crippen LogP contribution in [0.5, 0.6) is 17.5 Å². The summed E-state index contributed by atoms with van der Waals surface area (Å²) in [6.45, 7) is 8.33.